The zero-order valence-electron chi connectivity index (χ0n) is 14.1. The van der Waals surface area contributed by atoms with E-state index < -0.39 is 0 Å². The number of carbonyl (C=O) groups is 2. The molecule has 0 heterocycles. The molecule has 122 valence electrons. The molecule has 0 aliphatic heterocycles. The number of carbonyl (C=O) groups excluding carboxylic acids is 2. The molecule has 0 bridgehead atoms. The summed E-state index contributed by atoms with van der Waals surface area (Å²) in [6.07, 6.45) is 6.50. The maximum absolute atomic E-state index is 12.1. The Balaban J connectivity index is 2.43. The molecular weight excluding hydrogens is 264 g/mol. The summed E-state index contributed by atoms with van der Waals surface area (Å²) in [4.78, 5) is 23.9. The number of hydrogen-bond donors (Lipinski definition) is 2. The summed E-state index contributed by atoms with van der Waals surface area (Å²) in [7, 11) is 0. The van der Waals surface area contributed by atoms with Crippen LogP contribution in [0.15, 0.2) is 0 Å². The minimum Gasteiger partial charge on any atom is -0.356 e. The Labute approximate surface area is 129 Å². The van der Waals surface area contributed by atoms with Crippen molar-refractivity contribution in [3.05, 3.63) is 0 Å². The first-order chi connectivity index (χ1) is 9.89. The van der Waals surface area contributed by atoms with Gasteiger partial charge in [0.05, 0.1) is 0 Å². The highest BCUT2D eigenvalue weighted by molar-refractivity contribution is 5.78. The van der Waals surface area contributed by atoms with Crippen molar-refractivity contribution in [2.24, 2.45) is 11.3 Å². The molecular formula is C17H32N2O2. The third-order valence-electron chi connectivity index (χ3n) is 4.59. The Morgan fingerprint density at radius 2 is 1.86 bits per heavy atom. The van der Waals surface area contributed by atoms with E-state index >= 15 is 0 Å². The van der Waals surface area contributed by atoms with Gasteiger partial charge in [0, 0.05) is 25.4 Å². The minimum atomic E-state index is -0.220. The van der Waals surface area contributed by atoms with Crippen molar-refractivity contribution in [3.8, 4) is 0 Å². The molecule has 1 fully saturated rings. The molecule has 1 unspecified atom stereocenters. The molecule has 0 aromatic heterocycles. The SMILES string of the molecule is CCCC(=O)NC(CC)C(C)(C)CC(=O)NCC1CCC1. The normalized spacial score (nSPS) is 17.0. The standard InChI is InChI=1S/C17H32N2O2/c1-5-8-15(20)19-14(6-2)17(3,4)11-16(21)18-12-13-9-7-10-13/h13-14H,5-12H2,1-4H3,(H,18,21)(H,19,20). The molecule has 1 atom stereocenters. The molecule has 1 rings (SSSR count). The monoisotopic (exact) mass is 296 g/mol. The number of rotatable bonds is 9. The van der Waals surface area contributed by atoms with E-state index in [-0.39, 0.29) is 23.3 Å². The fourth-order valence-electron chi connectivity index (χ4n) is 2.90. The van der Waals surface area contributed by atoms with E-state index in [9.17, 15) is 9.59 Å². The number of nitrogens with one attached hydrogen (secondary N) is 2. The predicted octanol–water partition coefficient (Wildman–Crippen LogP) is 3.01. The third kappa shape index (κ3) is 6.06. The lowest BCUT2D eigenvalue weighted by molar-refractivity contribution is -0.126. The molecule has 0 spiro atoms. The molecule has 1 aliphatic carbocycles. The van der Waals surface area contributed by atoms with E-state index in [2.05, 4.69) is 31.4 Å². The van der Waals surface area contributed by atoms with Crippen LogP contribution in [0.25, 0.3) is 0 Å². The molecule has 1 aliphatic rings. The van der Waals surface area contributed by atoms with Crippen molar-refractivity contribution in [2.45, 2.75) is 78.7 Å². The van der Waals surface area contributed by atoms with E-state index in [4.69, 9.17) is 0 Å². The van der Waals surface area contributed by atoms with Crippen LogP contribution in [0.3, 0.4) is 0 Å². The Bertz CT molecular complexity index is 349. The number of hydrogen-bond acceptors (Lipinski definition) is 2. The first kappa shape index (κ1) is 18.0. The highest BCUT2D eigenvalue weighted by atomic mass is 16.2. The van der Waals surface area contributed by atoms with Crippen molar-refractivity contribution in [1.82, 2.24) is 10.6 Å². The zero-order chi connectivity index (χ0) is 15.9. The van der Waals surface area contributed by atoms with E-state index in [0.29, 0.717) is 18.8 Å². The van der Waals surface area contributed by atoms with Crippen LogP contribution in [0.5, 0.6) is 0 Å². The van der Waals surface area contributed by atoms with Gasteiger partial charge in [-0.1, -0.05) is 34.1 Å². The second kappa shape index (κ2) is 8.40. The quantitative estimate of drug-likeness (QED) is 0.687. The van der Waals surface area contributed by atoms with Crippen molar-refractivity contribution in [1.29, 1.82) is 0 Å². The molecule has 0 aromatic carbocycles. The maximum atomic E-state index is 12.1. The summed E-state index contributed by atoms with van der Waals surface area (Å²) in [5, 5.41) is 6.13. The highest BCUT2D eigenvalue weighted by Gasteiger charge is 2.32. The van der Waals surface area contributed by atoms with Gasteiger partial charge in [0.25, 0.3) is 0 Å². The average molecular weight is 296 g/mol. The predicted molar refractivity (Wildman–Crippen MR) is 85.9 cm³/mol. The van der Waals surface area contributed by atoms with Crippen LogP contribution in [0.1, 0.15) is 72.6 Å². The van der Waals surface area contributed by atoms with Gasteiger partial charge in [-0.25, -0.2) is 0 Å². The fourth-order valence-corrected chi connectivity index (χ4v) is 2.90. The summed E-state index contributed by atoms with van der Waals surface area (Å²) in [6.45, 7) is 9.00. The van der Waals surface area contributed by atoms with E-state index in [1.165, 1.54) is 19.3 Å². The Kier molecular flexibility index (Phi) is 7.20. The first-order valence-corrected chi connectivity index (χ1v) is 8.45. The molecule has 0 saturated heterocycles. The Morgan fingerprint density at radius 1 is 1.19 bits per heavy atom. The highest BCUT2D eigenvalue weighted by Crippen LogP contribution is 2.28. The average Bonchev–Trinajstić information content (AvgIpc) is 2.33. The molecule has 4 nitrogen and oxygen atoms in total. The number of amides is 2. The Hall–Kier alpha value is -1.06. The summed E-state index contributed by atoms with van der Waals surface area (Å²) < 4.78 is 0. The van der Waals surface area contributed by atoms with Gasteiger partial charge < -0.3 is 10.6 Å². The van der Waals surface area contributed by atoms with Crippen molar-refractivity contribution in [3.63, 3.8) is 0 Å². The zero-order valence-corrected chi connectivity index (χ0v) is 14.1. The third-order valence-corrected chi connectivity index (χ3v) is 4.59. The summed E-state index contributed by atoms with van der Waals surface area (Å²) in [5.74, 6) is 0.880. The molecule has 1 saturated carbocycles. The van der Waals surface area contributed by atoms with Gasteiger partial charge in [-0.3, -0.25) is 9.59 Å². The van der Waals surface area contributed by atoms with Crippen LogP contribution in [0.2, 0.25) is 0 Å². The van der Waals surface area contributed by atoms with Crippen LogP contribution in [-0.2, 0) is 9.59 Å². The van der Waals surface area contributed by atoms with Crippen LogP contribution < -0.4 is 10.6 Å². The van der Waals surface area contributed by atoms with Crippen LogP contribution >= 0.6 is 0 Å². The van der Waals surface area contributed by atoms with Gasteiger partial charge in [0.2, 0.25) is 11.8 Å². The van der Waals surface area contributed by atoms with Gasteiger partial charge in [-0.2, -0.15) is 0 Å². The first-order valence-electron chi connectivity index (χ1n) is 8.45. The lowest BCUT2D eigenvalue weighted by Gasteiger charge is -2.34. The molecule has 2 amide bonds. The van der Waals surface area contributed by atoms with Crippen molar-refractivity contribution < 1.29 is 9.59 Å². The molecule has 0 radical (unpaired) electrons. The van der Waals surface area contributed by atoms with Gasteiger partial charge >= 0.3 is 0 Å². The second-order valence-corrected chi connectivity index (χ2v) is 7.04. The van der Waals surface area contributed by atoms with Crippen molar-refractivity contribution >= 4 is 11.8 Å². The van der Waals surface area contributed by atoms with E-state index in [1.807, 2.05) is 6.92 Å². The lowest BCUT2D eigenvalue weighted by atomic mass is 9.79. The van der Waals surface area contributed by atoms with Crippen LogP contribution in [0.4, 0.5) is 0 Å². The fraction of sp³-hybridized carbons (Fsp3) is 0.882. The maximum Gasteiger partial charge on any atom is 0.220 e. The molecule has 4 heteroatoms. The molecule has 2 N–H and O–H groups in total. The van der Waals surface area contributed by atoms with E-state index in [0.717, 1.165) is 19.4 Å². The van der Waals surface area contributed by atoms with E-state index in [1.54, 1.807) is 0 Å². The molecule has 0 aromatic rings. The summed E-state index contributed by atoms with van der Waals surface area (Å²) in [5.41, 5.74) is -0.220. The lowest BCUT2D eigenvalue weighted by Crippen LogP contribution is -2.47. The second-order valence-electron chi connectivity index (χ2n) is 7.04. The van der Waals surface area contributed by atoms with Gasteiger partial charge in [0.15, 0.2) is 0 Å². The van der Waals surface area contributed by atoms with Crippen LogP contribution in [-0.4, -0.2) is 24.4 Å². The molecule has 21 heavy (non-hydrogen) atoms. The van der Waals surface area contributed by atoms with Gasteiger partial charge in [-0.15, -0.1) is 0 Å². The topological polar surface area (TPSA) is 58.2 Å². The van der Waals surface area contributed by atoms with Crippen LogP contribution in [0, 0.1) is 11.3 Å². The summed E-state index contributed by atoms with van der Waals surface area (Å²) >= 11 is 0. The summed E-state index contributed by atoms with van der Waals surface area (Å²) in [6, 6.07) is 0.0472. The van der Waals surface area contributed by atoms with Gasteiger partial charge in [0.1, 0.15) is 0 Å². The largest absolute Gasteiger partial charge is 0.356 e. The van der Waals surface area contributed by atoms with Gasteiger partial charge in [-0.05, 0) is 37.0 Å². The van der Waals surface area contributed by atoms with Crippen molar-refractivity contribution in [2.75, 3.05) is 6.54 Å². The Morgan fingerprint density at radius 3 is 2.33 bits per heavy atom. The minimum absolute atomic E-state index is 0.0472. The smallest absolute Gasteiger partial charge is 0.220 e.